The van der Waals surface area contributed by atoms with Gasteiger partial charge in [0.1, 0.15) is 5.75 Å². The Morgan fingerprint density at radius 2 is 1.76 bits per heavy atom. The van der Waals surface area contributed by atoms with Crippen LogP contribution in [0.3, 0.4) is 0 Å². The number of ether oxygens (including phenoxy) is 1. The van der Waals surface area contributed by atoms with Crippen molar-refractivity contribution in [3.63, 3.8) is 0 Å². The van der Waals surface area contributed by atoms with Crippen LogP contribution in [0.15, 0.2) is 42.5 Å². The van der Waals surface area contributed by atoms with Crippen LogP contribution in [-0.4, -0.2) is 24.0 Å². The molecule has 3 heteroatoms. The van der Waals surface area contributed by atoms with Gasteiger partial charge in [0.25, 0.3) is 5.91 Å². The molecule has 0 fully saturated rings. The van der Waals surface area contributed by atoms with E-state index in [-0.39, 0.29) is 5.91 Å². The van der Waals surface area contributed by atoms with Crippen molar-refractivity contribution in [3.05, 3.63) is 64.7 Å². The van der Waals surface area contributed by atoms with Gasteiger partial charge in [-0.05, 0) is 68.4 Å². The van der Waals surface area contributed by atoms with Crippen molar-refractivity contribution in [1.29, 1.82) is 0 Å². The van der Waals surface area contributed by atoms with Gasteiger partial charge in [-0.3, -0.25) is 4.79 Å². The van der Waals surface area contributed by atoms with Crippen LogP contribution in [0.4, 0.5) is 0 Å². The summed E-state index contributed by atoms with van der Waals surface area (Å²) in [5.74, 6) is 0.795. The van der Waals surface area contributed by atoms with Crippen LogP contribution in [0.1, 0.15) is 42.0 Å². The summed E-state index contributed by atoms with van der Waals surface area (Å²) in [6.07, 6.45) is 4.29. The summed E-state index contributed by atoms with van der Waals surface area (Å²) in [6, 6.07) is 14.5. The molecule has 0 saturated carbocycles. The third kappa shape index (κ3) is 4.41. The standard InChI is InChI=1S/C22H27NO2/c1-16-8-10-18(11-9-16)15-23(3)22(24)17(2)25-21-13-12-19-6-4-5-7-20(19)14-21/h8-14,17H,4-7,15H2,1-3H3/t17-/m0/s1. The second kappa shape index (κ2) is 7.73. The molecular weight excluding hydrogens is 310 g/mol. The average molecular weight is 337 g/mol. The largest absolute Gasteiger partial charge is 0.481 e. The van der Waals surface area contributed by atoms with Gasteiger partial charge in [-0.1, -0.05) is 35.9 Å². The fraction of sp³-hybridized carbons (Fsp3) is 0.409. The fourth-order valence-electron chi connectivity index (χ4n) is 3.39. The average Bonchev–Trinajstić information content (AvgIpc) is 2.62. The van der Waals surface area contributed by atoms with E-state index in [0.29, 0.717) is 6.54 Å². The Labute approximate surface area is 150 Å². The minimum absolute atomic E-state index is 0.00158. The molecule has 3 nitrogen and oxygen atoms in total. The maximum atomic E-state index is 12.6. The number of fused-ring (bicyclic) bond motifs is 1. The molecule has 0 bridgehead atoms. The molecule has 0 aliphatic heterocycles. The zero-order valence-electron chi connectivity index (χ0n) is 15.4. The van der Waals surface area contributed by atoms with Crippen molar-refractivity contribution in [2.24, 2.45) is 0 Å². The van der Waals surface area contributed by atoms with Crippen LogP contribution in [0.2, 0.25) is 0 Å². The molecule has 0 aromatic heterocycles. The van der Waals surface area contributed by atoms with E-state index in [1.807, 2.05) is 20.0 Å². The van der Waals surface area contributed by atoms with E-state index in [1.54, 1.807) is 4.90 Å². The number of carbonyl (C=O) groups is 1. The van der Waals surface area contributed by atoms with Gasteiger partial charge >= 0.3 is 0 Å². The zero-order valence-corrected chi connectivity index (χ0v) is 15.4. The number of nitrogens with zero attached hydrogens (tertiary/aromatic N) is 1. The number of benzene rings is 2. The molecule has 0 spiro atoms. The smallest absolute Gasteiger partial charge is 0.263 e. The Morgan fingerprint density at radius 1 is 1.08 bits per heavy atom. The maximum Gasteiger partial charge on any atom is 0.263 e. The maximum absolute atomic E-state index is 12.6. The normalized spacial score (nSPS) is 14.5. The van der Waals surface area contributed by atoms with E-state index >= 15 is 0 Å². The van der Waals surface area contributed by atoms with Crippen molar-refractivity contribution in [2.75, 3.05) is 7.05 Å². The summed E-state index contributed by atoms with van der Waals surface area (Å²) in [6.45, 7) is 4.48. The van der Waals surface area contributed by atoms with E-state index in [1.165, 1.54) is 29.5 Å². The van der Waals surface area contributed by atoms with Crippen LogP contribution < -0.4 is 4.74 Å². The number of hydrogen-bond donors (Lipinski definition) is 0. The minimum Gasteiger partial charge on any atom is -0.481 e. The van der Waals surface area contributed by atoms with Crippen molar-refractivity contribution in [2.45, 2.75) is 52.2 Å². The minimum atomic E-state index is -0.489. The number of carbonyl (C=O) groups excluding carboxylic acids is 1. The highest BCUT2D eigenvalue weighted by molar-refractivity contribution is 5.80. The third-order valence-electron chi connectivity index (χ3n) is 4.90. The van der Waals surface area contributed by atoms with Crippen molar-refractivity contribution >= 4 is 5.91 Å². The number of amides is 1. The Morgan fingerprint density at radius 3 is 2.48 bits per heavy atom. The van der Waals surface area contributed by atoms with Crippen LogP contribution in [0.5, 0.6) is 5.75 Å². The molecule has 1 aliphatic carbocycles. The van der Waals surface area contributed by atoms with E-state index < -0.39 is 6.10 Å². The van der Waals surface area contributed by atoms with Crippen molar-refractivity contribution in [1.82, 2.24) is 4.90 Å². The van der Waals surface area contributed by atoms with Crippen molar-refractivity contribution < 1.29 is 9.53 Å². The topological polar surface area (TPSA) is 29.5 Å². The molecule has 0 heterocycles. The first-order valence-corrected chi connectivity index (χ1v) is 9.12. The number of aryl methyl sites for hydroxylation is 3. The monoisotopic (exact) mass is 337 g/mol. The fourth-order valence-corrected chi connectivity index (χ4v) is 3.39. The van der Waals surface area contributed by atoms with Gasteiger partial charge in [0.15, 0.2) is 6.10 Å². The summed E-state index contributed by atoms with van der Waals surface area (Å²) >= 11 is 0. The molecule has 132 valence electrons. The Balaban J connectivity index is 1.60. The predicted molar refractivity (Wildman–Crippen MR) is 101 cm³/mol. The predicted octanol–water partition coefficient (Wildman–Crippen LogP) is 4.30. The highest BCUT2D eigenvalue weighted by atomic mass is 16.5. The van der Waals surface area contributed by atoms with Crippen molar-refractivity contribution in [3.8, 4) is 5.75 Å². The SMILES string of the molecule is Cc1ccc(CN(C)C(=O)[C@H](C)Oc2ccc3c(c2)CCCC3)cc1. The van der Waals surface area contributed by atoms with Gasteiger partial charge in [-0.2, -0.15) is 0 Å². The summed E-state index contributed by atoms with van der Waals surface area (Å²) in [5.41, 5.74) is 5.15. The molecule has 0 saturated heterocycles. The third-order valence-corrected chi connectivity index (χ3v) is 4.90. The molecule has 1 amide bonds. The van der Waals surface area contributed by atoms with Crippen LogP contribution in [0.25, 0.3) is 0 Å². The van der Waals surface area contributed by atoms with E-state index in [9.17, 15) is 4.79 Å². The summed E-state index contributed by atoms with van der Waals surface area (Å²) in [7, 11) is 1.83. The van der Waals surface area contributed by atoms with Gasteiger partial charge < -0.3 is 9.64 Å². The molecular formula is C22H27NO2. The van der Waals surface area contributed by atoms with E-state index in [2.05, 4.69) is 43.3 Å². The molecule has 0 N–H and O–H groups in total. The van der Waals surface area contributed by atoms with Gasteiger partial charge in [-0.25, -0.2) is 0 Å². The lowest BCUT2D eigenvalue weighted by Gasteiger charge is -2.23. The Bertz CT molecular complexity index is 736. The lowest BCUT2D eigenvalue weighted by atomic mass is 9.92. The van der Waals surface area contributed by atoms with Gasteiger partial charge in [0.05, 0.1) is 0 Å². The molecule has 3 rings (SSSR count). The molecule has 2 aromatic rings. The molecule has 25 heavy (non-hydrogen) atoms. The molecule has 0 unspecified atom stereocenters. The van der Waals surface area contributed by atoms with E-state index in [0.717, 1.165) is 24.2 Å². The molecule has 1 atom stereocenters. The summed E-state index contributed by atoms with van der Waals surface area (Å²) in [5, 5.41) is 0. The van der Waals surface area contributed by atoms with Crippen LogP contribution in [-0.2, 0) is 24.2 Å². The summed E-state index contributed by atoms with van der Waals surface area (Å²) in [4.78, 5) is 14.3. The molecule has 1 aliphatic rings. The molecule has 2 aromatic carbocycles. The summed E-state index contributed by atoms with van der Waals surface area (Å²) < 4.78 is 5.93. The first kappa shape index (κ1) is 17.5. The highest BCUT2D eigenvalue weighted by Gasteiger charge is 2.20. The van der Waals surface area contributed by atoms with Gasteiger partial charge in [0.2, 0.25) is 0 Å². The van der Waals surface area contributed by atoms with E-state index in [4.69, 9.17) is 4.74 Å². The Hall–Kier alpha value is -2.29. The zero-order chi connectivity index (χ0) is 17.8. The van der Waals surface area contributed by atoms with Crippen LogP contribution in [0, 0.1) is 6.92 Å². The lowest BCUT2D eigenvalue weighted by Crippen LogP contribution is -2.37. The number of hydrogen-bond acceptors (Lipinski definition) is 2. The van der Waals surface area contributed by atoms with Gasteiger partial charge in [0, 0.05) is 13.6 Å². The quantitative estimate of drug-likeness (QED) is 0.814. The second-order valence-corrected chi connectivity index (χ2v) is 7.08. The van der Waals surface area contributed by atoms with Gasteiger partial charge in [-0.15, -0.1) is 0 Å². The second-order valence-electron chi connectivity index (χ2n) is 7.08. The first-order valence-electron chi connectivity index (χ1n) is 9.12. The van der Waals surface area contributed by atoms with Crippen LogP contribution >= 0.6 is 0 Å². The lowest BCUT2D eigenvalue weighted by molar-refractivity contribution is -0.137. The highest BCUT2D eigenvalue weighted by Crippen LogP contribution is 2.26. The number of likely N-dealkylation sites (N-methyl/N-ethyl adjacent to an activating group) is 1. The Kier molecular flexibility index (Phi) is 5.42. The molecule has 0 radical (unpaired) electrons. The first-order chi connectivity index (χ1) is 12.0. The number of rotatable bonds is 5.